The predicted octanol–water partition coefficient (Wildman–Crippen LogP) is 3.31. The fourth-order valence-electron chi connectivity index (χ4n) is 3.28. The Balaban J connectivity index is 1.65. The van der Waals surface area contributed by atoms with Crippen molar-refractivity contribution in [3.8, 4) is 0 Å². The first kappa shape index (κ1) is 19.5. The smallest absolute Gasteiger partial charge is 0.251 e. The van der Waals surface area contributed by atoms with Crippen LogP contribution in [0, 0.1) is 11.3 Å². The van der Waals surface area contributed by atoms with Gasteiger partial charge < -0.3 is 9.47 Å². The first-order valence-electron chi connectivity index (χ1n) is 9.40. The highest BCUT2D eigenvalue weighted by atomic mass is 32.1. The average Bonchev–Trinajstić information content (AvgIpc) is 3.08. The molecule has 2 amide bonds. The van der Waals surface area contributed by atoms with Crippen LogP contribution < -0.4 is 4.80 Å². The van der Waals surface area contributed by atoms with E-state index in [1.54, 1.807) is 0 Å². The maximum Gasteiger partial charge on any atom is 0.251 e. The molecule has 3 rings (SSSR count). The summed E-state index contributed by atoms with van der Waals surface area (Å²) in [5.41, 5.74) is 0.806. The number of hydrogen-bond donors (Lipinski definition) is 0. The Morgan fingerprint density at radius 1 is 1.15 bits per heavy atom. The van der Waals surface area contributed by atoms with E-state index in [0.29, 0.717) is 32.5 Å². The van der Waals surface area contributed by atoms with Crippen LogP contribution in [0.5, 0.6) is 0 Å². The van der Waals surface area contributed by atoms with E-state index >= 15 is 0 Å². The van der Waals surface area contributed by atoms with Gasteiger partial charge in [0.2, 0.25) is 5.91 Å². The standard InChI is InChI=1S/C21H27N3O2S/c1-21(2,3)19(26)23-11-9-17(10-12-23)18(25)22-20-24(13-14-27-20)15-16-7-5-4-6-8-16/h4-8,13-14,17H,9-12,15H2,1-3H3. The highest BCUT2D eigenvalue weighted by Gasteiger charge is 2.32. The Bertz CT molecular complexity index is 853. The molecule has 0 spiro atoms. The Kier molecular flexibility index (Phi) is 5.95. The van der Waals surface area contributed by atoms with Crippen molar-refractivity contribution in [2.45, 2.75) is 40.2 Å². The van der Waals surface area contributed by atoms with E-state index in [-0.39, 0.29) is 23.1 Å². The van der Waals surface area contributed by atoms with E-state index in [1.165, 1.54) is 16.9 Å². The molecule has 144 valence electrons. The van der Waals surface area contributed by atoms with Crippen molar-refractivity contribution < 1.29 is 9.59 Å². The number of amides is 2. The van der Waals surface area contributed by atoms with Crippen molar-refractivity contribution in [2.24, 2.45) is 16.3 Å². The highest BCUT2D eigenvalue weighted by Crippen LogP contribution is 2.24. The molecule has 1 aliphatic heterocycles. The third kappa shape index (κ3) is 4.95. The molecule has 5 nitrogen and oxygen atoms in total. The van der Waals surface area contributed by atoms with Crippen molar-refractivity contribution in [1.82, 2.24) is 9.47 Å². The van der Waals surface area contributed by atoms with Crippen LogP contribution in [0.4, 0.5) is 0 Å². The summed E-state index contributed by atoms with van der Waals surface area (Å²) in [5.74, 6) is -0.00675. The van der Waals surface area contributed by atoms with Gasteiger partial charge in [0.05, 0.1) is 0 Å². The summed E-state index contributed by atoms with van der Waals surface area (Å²) >= 11 is 1.48. The molecular weight excluding hydrogens is 358 g/mol. The molecule has 0 aliphatic carbocycles. The van der Waals surface area contributed by atoms with Gasteiger partial charge in [-0.3, -0.25) is 9.59 Å². The second kappa shape index (κ2) is 8.21. The number of likely N-dealkylation sites (tertiary alicyclic amines) is 1. The molecule has 0 radical (unpaired) electrons. The molecule has 0 atom stereocenters. The van der Waals surface area contributed by atoms with Crippen molar-refractivity contribution >= 4 is 23.2 Å². The second-order valence-electron chi connectivity index (χ2n) is 8.07. The third-order valence-electron chi connectivity index (χ3n) is 4.83. The van der Waals surface area contributed by atoms with Crippen LogP contribution in [0.15, 0.2) is 46.9 Å². The molecule has 2 heterocycles. The minimum atomic E-state index is -0.374. The molecule has 1 fully saturated rings. The molecule has 0 saturated carbocycles. The Labute approximate surface area is 164 Å². The van der Waals surface area contributed by atoms with Gasteiger partial charge in [0.15, 0.2) is 4.80 Å². The zero-order valence-corrected chi connectivity index (χ0v) is 17.0. The summed E-state index contributed by atoms with van der Waals surface area (Å²) in [7, 11) is 0. The minimum absolute atomic E-state index is 0.0675. The minimum Gasteiger partial charge on any atom is -0.342 e. The normalized spacial score (nSPS) is 16.6. The lowest BCUT2D eigenvalue weighted by atomic mass is 9.91. The van der Waals surface area contributed by atoms with Crippen LogP contribution in [0.1, 0.15) is 39.2 Å². The van der Waals surface area contributed by atoms with Crippen LogP contribution in [-0.2, 0) is 16.1 Å². The molecule has 27 heavy (non-hydrogen) atoms. The summed E-state index contributed by atoms with van der Waals surface area (Å²) in [4.78, 5) is 32.1. The second-order valence-corrected chi connectivity index (χ2v) is 8.94. The van der Waals surface area contributed by atoms with Gasteiger partial charge in [0.1, 0.15) is 0 Å². The van der Waals surface area contributed by atoms with Gasteiger partial charge in [0.25, 0.3) is 5.91 Å². The molecule has 6 heteroatoms. The first-order chi connectivity index (χ1) is 12.8. The lowest BCUT2D eigenvalue weighted by Gasteiger charge is -2.34. The zero-order valence-electron chi connectivity index (χ0n) is 16.2. The van der Waals surface area contributed by atoms with E-state index in [2.05, 4.69) is 17.1 Å². The number of aromatic nitrogens is 1. The number of benzene rings is 1. The van der Waals surface area contributed by atoms with Gasteiger partial charge in [0, 0.05) is 42.5 Å². The molecule has 1 aromatic carbocycles. The third-order valence-corrected chi connectivity index (χ3v) is 5.63. The molecule has 0 unspecified atom stereocenters. The molecule has 0 N–H and O–H groups in total. The number of rotatable bonds is 3. The highest BCUT2D eigenvalue weighted by molar-refractivity contribution is 7.07. The van der Waals surface area contributed by atoms with Gasteiger partial charge in [-0.15, -0.1) is 11.3 Å². The Morgan fingerprint density at radius 3 is 2.44 bits per heavy atom. The fraction of sp³-hybridized carbons (Fsp3) is 0.476. The van der Waals surface area contributed by atoms with Gasteiger partial charge >= 0.3 is 0 Å². The summed E-state index contributed by atoms with van der Waals surface area (Å²) in [6, 6.07) is 10.2. The maximum atomic E-state index is 12.7. The molecule has 0 bridgehead atoms. The predicted molar refractivity (Wildman–Crippen MR) is 107 cm³/mol. The number of piperidine rings is 1. The zero-order chi connectivity index (χ0) is 19.4. The average molecular weight is 386 g/mol. The van der Waals surface area contributed by atoms with E-state index in [0.717, 1.165) is 4.80 Å². The number of carbonyl (C=O) groups excluding carboxylic acids is 2. The number of carbonyl (C=O) groups is 2. The molecule has 1 aliphatic rings. The summed E-state index contributed by atoms with van der Waals surface area (Å²) in [5, 5.41) is 1.96. The summed E-state index contributed by atoms with van der Waals surface area (Å²) in [6.45, 7) is 7.78. The summed E-state index contributed by atoms with van der Waals surface area (Å²) < 4.78 is 2.01. The van der Waals surface area contributed by atoms with Crippen LogP contribution in [-0.4, -0.2) is 34.4 Å². The van der Waals surface area contributed by atoms with Crippen LogP contribution in [0.3, 0.4) is 0 Å². The van der Waals surface area contributed by atoms with E-state index in [9.17, 15) is 9.59 Å². The van der Waals surface area contributed by atoms with Crippen LogP contribution in [0.2, 0.25) is 0 Å². The van der Waals surface area contributed by atoms with Crippen LogP contribution >= 0.6 is 11.3 Å². The topological polar surface area (TPSA) is 54.7 Å². The molecule has 1 saturated heterocycles. The van der Waals surface area contributed by atoms with Gasteiger partial charge in [-0.1, -0.05) is 51.1 Å². The van der Waals surface area contributed by atoms with Crippen molar-refractivity contribution in [2.75, 3.05) is 13.1 Å². The molecule has 1 aromatic heterocycles. The molecular formula is C21H27N3O2S. The number of nitrogens with zero attached hydrogens (tertiary/aromatic N) is 3. The SMILES string of the molecule is CC(C)(C)C(=O)N1CCC(C(=O)N=c2sccn2Cc2ccccc2)CC1. The first-order valence-corrected chi connectivity index (χ1v) is 10.3. The number of thiazole rings is 1. The molecule has 2 aromatic rings. The van der Waals surface area contributed by atoms with Crippen molar-refractivity contribution in [1.29, 1.82) is 0 Å². The largest absolute Gasteiger partial charge is 0.342 e. The van der Waals surface area contributed by atoms with E-state index in [1.807, 2.05) is 60.0 Å². The van der Waals surface area contributed by atoms with Gasteiger partial charge in [-0.05, 0) is 18.4 Å². The van der Waals surface area contributed by atoms with Gasteiger partial charge in [-0.2, -0.15) is 4.99 Å². The number of hydrogen-bond acceptors (Lipinski definition) is 3. The quantitative estimate of drug-likeness (QED) is 0.814. The van der Waals surface area contributed by atoms with E-state index in [4.69, 9.17) is 0 Å². The van der Waals surface area contributed by atoms with Crippen molar-refractivity contribution in [3.63, 3.8) is 0 Å². The monoisotopic (exact) mass is 385 g/mol. The fourth-order valence-corrected chi connectivity index (χ4v) is 4.01. The lowest BCUT2D eigenvalue weighted by molar-refractivity contribution is -0.142. The van der Waals surface area contributed by atoms with Crippen LogP contribution in [0.25, 0.3) is 0 Å². The lowest BCUT2D eigenvalue weighted by Crippen LogP contribution is -2.45. The van der Waals surface area contributed by atoms with E-state index < -0.39 is 0 Å². The maximum absolute atomic E-state index is 12.7. The summed E-state index contributed by atoms with van der Waals surface area (Å²) in [6.07, 6.45) is 3.34. The Morgan fingerprint density at radius 2 is 1.81 bits per heavy atom. The Hall–Kier alpha value is -2.21. The van der Waals surface area contributed by atoms with Gasteiger partial charge in [-0.25, -0.2) is 0 Å². The van der Waals surface area contributed by atoms with Crippen molar-refractivity contribution in [3.05, 3.63) is 52.3 Å².